The summed E-state index contributed by atoms with van der Waals surface area (Å²) in [6.07, 6.45) is 0. The third-order valence-corrected chi connectivity index (χ3v) is 6.32. The van der Waals surface area contributed by atoms with E-state index in [1.54, 1.807) is 0 Å². The molecule has 0 rings (SSSR count). The van der Waals surface area contributed by atoms with Crippen molar-refractivity contribution < 1.29 is 115 Å². The fourth-order valence-corrected chi connectivity index (χ4v) is 4.52. The maximum atomic E-state index is 8.91. The predicted octanol–water partition coefficient (Wildman–Crippen LogP) is -11.8. The highest BCUT2D eigenvalue weighted by Crippen LogP contribution is 2.11. The number of hydrogen-bond acceptors (Lipinski definition) is 23. The van der Waals surface area contributed by atoms with E-state index in [-0.39, 0.29) is 6.90 Å². The first-order valence-electron chi connectivity index (χ1n) is 9.21. The molecular weight excluding hydrogens is 649 g/mol. The van der Waals surface area contributed by atoms with E-state index in [1.165, 1.54) is 0 Å². The molecule has 0 atom stereocenters. The lowest BCUT2D eigenvalue weighted by atomic mass is 10.9. The standard InChI is InChI=1S/C8H20O4Si.H6O7Si2.2H4O4Si.H3O4Si.H2O/c1-5-9-13(10-6-2,11-7-3)12-8-4;1-8(2,3)7-9(4,5)6;3*1-5(2,3)4;/h5-8H2,1-4H3;1-6H;2*1-4H;1-3H;1H2/q;;;;-1;/p+1. The Morgan fingerprint density at radius 3 is 0.658 bits per heavy atom. The number of hydrogen-bond donors (Lipinski definition) is 17. The van der Waals surface area contributed by atoms with Gasteiger partial charge in [0.05, 0.1) is 0 Å². The van der Waals surface area contributed by atoms with Crippen molar-refractivity contribution in [1.82, 2.24) is 0 Å². The van der Waals surface area contributed by atoms with Crippen LogP contribution in [0.4, 0.5) is 0 Å². The van der Waals surface area contributed by atoms with Gasteiger partial charge in [-0.05, 0) is 27.7 Å². The average molecular weight is 689 g/mol. The first-order valence-corrected chi connectivity index (χ1v) is 19.7. The molecule has 0 aromatic heterocycles. The Morgan fingerprint density at radius 1 is 0.474 bits per heavy atom. The lowest BCUT2D eigenvalue weighted by molar-refractivity contribution is -0.295. The SMILES string of the molecule is CCO[Si](OCC)(OCC)OCC.O.O[Si](O)(O)O.O[Si](O)(O)O.O[Si](O)(O)O[Si](O)(O)O.[H+].[O-][Si](O)(O)O. The van der Waals surface area contributed by atoms with Gasteiger partial charge in [0.2, 0.25) is 0 Å². The largest absolute Gasteiger partial charge is 1.00 e. The maximum absolute atomic E-state index is 8.91. The predicted molar refractivity (Wildman–Crippen MR) is 125 cm³/mol. The third-order valence-electron chi connectivity index (χ3n) is 1.56. The summed E-state index contributed by atoms with van der Waals surface area (Å²) in [7, 11) is -26.8. The summed E-state index contributed by atoms with van der Waals surface area (Å²) < 4.78 is 24.9. The molecule has 0 aromatic carbocycles. The summed E-state index contributed by atoms with van der Waals surface area (Å²) in [5.41, 5.74) is 0. The van der Waals surface area contributed by atoms with Crippen LogP contribution in [0, 0.1) is 0 Å². The average Bonchev–Trinajstić information content (AvgIpc) is 2.47. The van der Waals surface area contributed by atoms with Crippen LogP contribution in [0.5, 0.6) is 0 Å². The molecule has 0 bridgehead atoms. The molecule has 0 aliphatic carbocycles. The van der Waals surface area contributed by atoms with Crippen LogP contribution in [0.3, 0.4) is 0 Å². The molecule has 0 radical (unpaired) electrons. The monoisotopic (exact) mass is 688 g/mol. The zero-order valence-corrected chi connectivity index (χ0v) is 26.4. The second kappa shape index (κ2) is 24.0. The Labute approximate surface area is 223 Å². The molecule has 0 heterocycles. The van der Waals surface area contributed by atoms with Crippen LogP contribution in [0.2, 0.25) is 0 Å². The smallest absolute Gasteiger partial charge is 0.794 e. The third kappa shape index (κ3) is 90.9. The van der Waals surface area contributed by atoms with Gasteiger partial charge < -0.3 is 114 Å². The molecule has 24 nitrogen and oxygen atoms in total. The zero-order chi connectivity index (χ0) is 31.4. The maximum Gasteiger partial charge on any atom is 1.00 e. The Balaban J connectivity index is -0.0000000692. The molecule has 30 heteroatoms. The number of rotatable bonds is 10. The molecule has 19 N–H and O–H groups in total. The molecule has 0 spiro atoms. The molecule has 0 aromatic rings. The molecular formula is C8H40O24Si6. The molecule has 38 heavy (non-hydrogen) atoms. The van der Waals surface area contributed by atoms with Gasteiger partial charge in [-0.3, -0.25) is 0 Å². The summed E-state index contributed by atoms with van der Waals surface area (Å²) in [4.78, 5) is 137. The van der Waals surface area contributed by atoms with E-state index in [4.69, 9.17) is 104 Å². The van der Waals surface area contributed by atoms with Gasteiger partial charge in [0, 0.05) is 26.4 Å². The second-order valence-electron chi connectivity index (χ2n) is 5.26. The van der Waals surface area contributed by atoms with E-state index in [2.05, 4.69) is 4.12 Å². The summed E-state index contributed by atoms with van der Waals surface area (Å²) in [6, 6.07) is 0. The van der Waals surface area contributed by atoms with Crippen molar-refractivity contribution in [2.45, 2.75) is 27.7 Å². The molecule has 0 fully saturated rings. The lowest BCUT2D eigenvalue weighted by Crippen LogP contribution is -2.53. The minimum absolute atomic E-state index is 0. The van der Waals surface area contributed by atoms with Gasteiger partial charge in [0.15, 0.2) is 0 Å². The fourth-order valence-electron chi connectivity index (χ4n) is 1.14. The van der Waals surface area contributed by atoms with Gasteiger partial charge in [-0.1, -0.05) is 0 Å². The minimum Gasteiger partial charge on any atom is -0.794 e. The molecule has 0 unspecified atom stereocenters. The highest BCUT2D eigenvalue weighted by atomic mass is 28.5. The van der Waals surface area contributed by atoms with Crippen LogP contribution < -0.4 is 4.80 Å². The van der Waals surface area contributed by atoms with Crippen molar-refractivity contribution in [1.29, 1.82) is 0 Å². The molecule has 240 valence electrons. The molecule has 0 saturated heterocycles. The second-order valence-corrected chi connectivity index (χ2v) is 14.1. The highest BCUT2D eigenvalue weighted by Gasteiger charge is 2.46. The van der Waals surface area contributed by atoms with E-state index in [1.807, 2.05) is 27.7 Å². The molecule has 0 aliphatic heterocycles. The zero-order valence-electron chi connectivity index (χ0n) is 21.4. The van der Waals surface area contributed by atoms with Crippen molar-refractivity contribution in [3.05, 3.63) is 0 Å². The van der Waals surface area contributed by atoms with Crippen molar-refractivity contribution in [2.24, 2.45) is 0 Å². The van der Waals surface area contributed by atoms with Gasteiger partial charge in [0.1, 0.15) is 0 Å². The van der Waals surface area contributed by atoms with Crippen LogP contribution in [0.25, 0.3) is 0 Å². The van der Waals surface area contributed by atoms with E-state index in [9.17, 15) is 0 Å². The Bertz CT molecular complexity index is 413. The minimum atomic E-state index is -4.98. The van der Waals surface area contributed by atoms with Crippen molar-refractivity contribution in [3.8, 4) is 0 Å². The van der Waals surface area contributed by atoms with E-state index < -0.39 is 54.3 Å². The topological polar surface area (TPSA) is 445 Å². The van der Waals surface area contributed by atoms with E-state index in [0.29, 0.717) is 26.4 Å². The van der Waals surface area contributed by atoms with Crippen molar-refractivity contribution in [3.63, 3.8) is 0 Å². The highest BCUT2D eigenvalue weighted by molar-refractivity contribution is 6.63. The fraction of sp³-hybridized carbons (Fsp3) is 1.00. The van der Waals surface area contributed by atoms with Crippen LogP contribution in [0.15, 0.2) is 0 Å². The van der Waals surface area contributed by atoms with Gasteiger partial charge in [-0.2, -0.15) is 0 Å². The van der Waals surface area contributed by atoms with Crippen LogP contribution in [0.1, 0.15) is 29.1 Å². The summed E-state index contributed by atoms with van der Waals surface area (Å²) >= 11 is 0. The van der Waals surface area contributed by atoms with Crippen LogP contribution in [-0.4, -0.2) is 168 Å². The van der Waals surface area contributed by atoms with Crippen molar-refractivity contribution >= 4 is 54.3 Å². The van der Waals surface area contributed by atoms with Crippen LogP contribution >= 0.6 is 0 Å². The summed E-state index contributed by atoms with van der Waals surface area (Å²) in [6.45, 7) is 9.80. The Kier molecular flexibility index (Phi) is 32.3. The van der Waals surface area contributed by atoms with E-state index in [0.717, 1.165) is 0 Å². The van der Waals surface area contributed by atoms with Gasteiger partial charge >= 0.3 is 55.7 Å². The molecule has 0 aliphatic rings. The van der Waals surface area contributed by atoms with Gasteiger partial charge in [-0.15, -0.1) is 0 Å². The Morgan fingerprint density at radius 2 is 0.605 bits per heavy atom. The normalized spacial score (nSPS) is 12.2. The summed E-state index contributed by atoms with van der Waals surface area (Å²) in [5, 5.41) is 0. The van der Waals surface area contributed by atoms with Gasteiger partial charge in [-0.25, -0.2) is 0 Å². The Hall–Kier alpha value is 0.341. The quantitative estimate of drug-likeness (QED) is 0.0947. The first-order chi connectivity index (χ1) is 15.9. The first kappa shape index (κ1) is 51.1. The van der Waals surface area contributed by atoms with Gasteiger partial charge in [0.25, 0.3) is 0 Å². The molecule has 0 amide bonds. The van der Waals surface area contributed by atoms with E-state index >= 15 is 0 Å². The molecule has 0 saturated carbocycles. The lowest BCUT2D eigenvalue weighted by Gasteiger charge is -2.26. The van der Waals surface area contributed by atoms with Crippen LogP contribution in [-0.2, 0) is 21.8 Å². The summed E-state index contributed by atoms with van der Waals surface area (Å²) in [5.74, 6) is 0. The van der Waals surface area contributed by atoms with Crippen molar-refractivity contribution in [2.75, 3.05) is 26.4 Å².